The van der Waals surface area contributed by atoms with E-state index in [1.165, 1.54) is 50.8 Å². The Bertz CT molecular complexity index is 446. The lowest BCUT2D eigenvalue weighted by Crippen LogP contribution is -2.47. The Balaban J connectivity index is 1.87. The minimum atomic E-state index is 0.116. The average molecular weight is 324 g/mol. The number of aliphatic hydroxyl groups is 1. The molecule has 1 N–H and O–H groups in total. The second kappa shape index (κ2) is 5.84. The van der Waals surface area contributed by atoms with Crippen LogP contribution in [0.5, 0.6) is 0 Å². The van der Waals surface area contributed by atoms with Crippen LogP contribution in [-0.2, 0) is 6.61 Å². The molecule has 0 aromatic heterocycles. The minimum absolute atomic E-state index is 0.116. The van der Waals surface area contributed by atoms with Gasteiger partial charge in [0.05, 0.1) is 12.3 Å². The summed E-state index contributed by atoms with van der Waals surface area (Å²) in [5, 5.41) is 9.22. The van der Waals surface area contributed by atoms with E-state index in [-0.39, 0.29) is 6.61 Å². The van der Waals surface area contributed by atoms with Gasteiger partial charge in [0, 0.05) is 17.1 Å². The lowest BCUT2D eigenvalue weighted by atomic mass is 9.78. The summed E-state index contributed by atoms with van der Waals surface area (Å²) in [5.74, 6) is 0.895. The Labute approximate surface area is 123 Å². The summed E-state index contributed by atoms with van der Waals surface area (Å²) < 4.78 is 1.13. The molecule has 1 aliphatic carbocycles. The van der Waals surface area contributed by atoms with Crippen LogP contribution in [0.15, 0.2) is 22.7 Å². The third kappa shape index (κ3) is 2.68. The van der Waals surface area contributed by atoms with Gasteiger partial charge in [-0.15, -0.1) is 0 Å². The Hall–Kier alpha value is -0.540. The molecular formula is C16H22BrNO. The van der Waals surface area contributed by atoms with Crippen molar-refractivity contribution in [2.24, 2.45) is 5.92 Å². The van der Waals surface area contributed by atoms with Gasteiger partial charge in [-0.05, 0) is 65.2 Å². The predicted octanol–water partition coefficient (Wildman–Crippen LogP) is 4.10. The van der Waals surface area contributed by atoms with Gasteiger partial charge >= 0.3 is 0 Å². The van der Waals surface area contributed by atoms with Gasteiger partial charge in [0.1, 0.15) is 0 Å². The minimum Gasteiger partial charge on any atom is -0.392 e. The Morgan fingerprint density at radius 1 is 1.16 bits per heavy atom. The first-order valence-electron chi connectivity index (χ1n) is 7.45. The van der Waals surface area contributed by atoms with Crippen molar-refractivity contribution in [1.29, 1.82) is 0 Å². The zero-order valence-electron chi connectivity index (χ0n) is 11.3. The number of hydrogen-bond acceptors (Lipinski definition) is 2. The average Bonchev–Trinajstić information content (AvgIpc) is 2.46. The highest BCUT2D eigenvalue weighted by Crippen LogP contribution is 2.40. The molecule has 1 heterocycles. The van der Waals surface area contributed by atoms with Gasteiger partial charge in [0.15, 0.2) is 0 Å². The normalized spacial score (nSPS) is 27.2. The molecule has 2 fully saturated rings. The van der Waals surface area contributed by atoms with Crippen LogP contribution in [0.2, 0.25) is 0 Å². The Kier molecular flexibility index (Phi) is 4.13. The molecule has 0 amide bonds. The van der Waals surface area contributed by atoms with Gasteiger partial charge in [0.25, 0.3) is 0 Å². The fourth-order valence-corrected chi connectivity index (χ4v) is 4.46. The molecule has 0 bridgehead atoms. The van der Waals surface area contributed by atoms with Crippen LogP contribution < -0.4 is 4.90 Å². The van der Waals surface area contributed by atoms with E-state index >= 15 is 0 Å². The molecule has 1 aliphatic heterocycles. The van der Waals surface area contributed by atoms with Gasteiger partial charge in [-0.3, -0.25) is 0 Å². The van der Waals surface area contributed by atoms with E-state index in [0.717, 1.165) is 22.0 Å². The smallest absolute Gasteiger partial charge is 0.0682 e. The molecule has 1 aromatic rings. The SMILES string of the molecule is OCc1ccc(N2CCC[C@H]3CCCC[C@H]32)c(Br)c1. The van der Waals surface area contributed by atoms with E-state index in [2.05, 4.69) is 33.0 Å². The van der Waals surface area contributed by atoms with E-state index in [0.29, 0.717) is 0 Å². The number of rotatable bonds is 2. The highest BCUT2D eigenvalue weighted by atomic mass is 79.9. The van der Waals surface area contributed by atoms with Crippen molar-refractivity contribution in [3.63, 3.8) is 0 Å². The molecule has 3 rings (SSSR count). The lowest BCUT2D eigenvalue weighted by molar-refractivity contribution is 0.243. The number of hydrogen-bond donors (Lipinski definition) is 1. The molecule has 3 heteroatoms. The number of piperidine rings is 1. The van der Waals surface area contributed by atoms with Crippen molar-refractivity contribution < 1.29 is 5.11 Å². The second-order valence-corrected chi connectivity index (χ2v) is 6.75. The summed E-state index contributed by atoms with van der Waals surface area (Å²) in [6.45, 7) is 1.29. The monoisotopic (exact) mass is 323 g/mol. The quantitative estimate of drug-likeness (QED) is 0.885. The fraction of sp³-hybridized carbons (Fsp3) is 0.625. The number of aliphatic hydroxyl groups excluding tert-OH is 1. The number of anilines is 1. The van der Waals surface area contributed by atoms with Crippen LogP contribution in [0.1, 0.15) is 44.1 Å². The Morgan fingerprint density at radius 3 is 2.74 bits per heavy atom. The number of halogens is 1. The molecule has 2 nitrogen and oxygen atoms in total. The molecule has 19 heavy (non-hydrogen) atoms. The maximum absolute atomic E-state index is 9.22. The Morgan fingerprint density at radius 2 is 1.95 bits per heavy atom. The van der Waals surface area contributed by atoms with Crippen molar-refractivity contribution in [2.75, 3.05) is 11.4 Å². The topological polar surface area (TPSA) is 23.5 Å². The summed E-state index contributed by atoms with van der Waals surface area (Å²) in [6.07, 6.45) is 8.28. The van der Waals surface area contributed by atoms with Gasteiger partial charge in [0.2, 0.25) is 0 Å². The predicted molar refractivity (Wildman–Crippen MR) is 82.4 cm³/mol. The summed E-state index contributed by atoms with van der Waals surface area (Å²) in [6, 6.07) is 7.01. The first-order chi connectivity index (χ1) is 9.29. The van der Waals surface area contributed by atoms with Crippen LogP contribution in [0.25, 0.3) is 0 Å². The van der Waals surface area contributed by atoms with Crippen LogP contribution in [-0.4, -0.2) is 17.7 Å². The largest absolute Gasteiger partial charge is 0.392 e. The summed E-state index contributed by atoms with van der Waals surface area (Å²) >= 11 is 3.69. The fourth-order valence-electron chi connectivity index (χ4n) is 3.81. The van der Waals surface area contributed by atoms with E-state index in [1.807, 2.05) is 6.07 Å². The molecule has 0 radical (unpaired) electrons. The zero-order valence-corrected chi connectivity index (χ0v) is 12.9. The summed E-state index contributed by atoms with van der Waals surface area (Å²) in [4.78, 5) is 2.61. The molecule has 2 atom stereocenters. The van der Waals surface area contributed by atoms with Crippen molar-refractivity contribution in [1.82, 2.24) is 0 Å². The van der Waals surface area contributed by atoms with Gasteiger partial charge in [-0.2, -0.15) is 0 Å². The number of fused-ring (bicyclic) bond motifs is 1. The summed E-state index contributed by atoms with van der Waals surface area (Å²) in [7, 11) is 0. The van der Waals surface area contributed by atoms with E-state index < -0.39 is 0 Å². The van der Waals surface area contributed by atoms with Crippen molar-refractivity contribution in [2.45, 2.75) is 51.2 Å². The second-order valence-electron chi connectivity index (χ2n) is 5.89. The molecular weight excluding hydrogens is 302 g/mol. The third-order valence-electron chi connectivity index (χ3n) is 4.75. The van der Waals surface area contributed by atoms with E-state index in [1.54, 1.807) is 0 Å². The summed E-state index contributed by atoms with van der Waals surface area (Å²) in [5.41, 5.74) is 2.29. The van der Waals surface area contributed by atoms with Crippen LogP contribution in [0.3, 0.4) is 0 Å². The molecule has 1 saturated heterocycles. The highest BCUT2D eigenvalue weighted by Gasteiger charge is 2.33. The molecule has 2 aliphatic rings. The maximum Gasteiger partial charge on any atom is 0.0682 e. The first kappa shape index (κ1) is 13.4. The number of benzene rings is 1. The highest BCUT2D eigenvalue weighted by molar-refractivity contribution is 9.10. The molecule has 104 valence electrons. The zero-order chi connectivity index (χ0) is 13.2. The van der Waals surface area contributed by atoms with Gasteiger partial charge in [-0.25, -0.2) is 0 Å². The standard InChI is InChI=1S/C16H22BrNO/c17-14-10-12(11-19)7-8-16(14)18-9-3-5-13-4-1-2-6-15(13)18/h7-8,10,13,15,19H,1-6,9,11H2/t13-,15-/m1/s1. The van der Waals surface area contributed by atoms with Gasteiger partial charge < -0.3 is 10.0 Å². The number of nitrogens with zero attached hydrogens (tertiary/aromatic N) is 1. The molecule has 0 unspecified atom stereocenters. The third-order valence-corrected chi connectivity index (χ3v) is 5.38. The lowest BCUT2D eigenvalue weighted by Gasteiger charge is -2.45. The first-order valence-corrected chi connectivity index (χ1v) is 8.25. The molecule has 1 aromatic carbocycles. The maximum atomic E-state index is 9.22. The molecule has 1 saturated carbocycles. The van der Waals surface area contributed by atoms with Crippen molar-refractivity contribution in [3.8, 4) is 0 Å². The van der Waals surface area contributed by atoms with Crippen LogP contribution >= 0.6 is 15.9 Å². The van der Waals surface area contributed by atoms with Crippen LogP contribution in [0.4, 0.5) is 5.69 Å². The van der Waals surface area contributed by atoms with Crippen molar-refractivity contribution in [3.05, 3.63) is 28.2 Å². The molecule has 0 spiro atoms. The van der Waals surface area contributed by atoms with Gasteiger partial charge in [-0.1, -0.05) is 18.9 Å². The van der Waals surface area contributed by atoms with Crippen molar-refractivity contribution >= 4 is 21.6 Å². The van der Waals surface area contributed by atoms with Crippen LogP contribution in [0, 0.1) is 5.92 Å². The van der Waals surface area contributed by atoms with E-state index in [9.17, 15) is 5.11 Å². The van der Waals surface area contributed by atoms with E-state index in [4.69, 9.17) is 0 Å².